The van der Waals surface area contributed by atoms with Gasteiger partial charge < -0.3 is 10.2 Å². The first kappa shape index (κ1) is 27.9. The third kappa shape index (κ3) is 7.16. The van der Waals surface area contributed by atoms with Crippen molar-refractivity contribution in [2.75, 3.05) is 17.4 Å². The van der Waals surface area contributed by atoms with Crippen molar-refractivity contribution in [3.05, 3.63) is 96.3 Å². The van der Waals surface area contributed by atoms with Crippen molar-refractivity contribution in [2.45, 2.75) is 44.2 Å². The summed E-state index contributed by atoms with van der Waals surface area (Å²) in [6, 6.07) is 21.1. The van der Waals surface area contributed by atoms with E-state index in [9.17, 15) is 22.4 Å². The lowest BCUT2D eigenvalue weighted by atomic mass is 10.1. The van der Waals surface area contributed by atoms with E-state index in [4.69, 9.17) is 0 Å². The molecule has 0 aliphatic rings. The Labute approximate surface area is 218 Å². The van der Waals surface area contributed by atoms with Crippen LogP contribution >= 0.6 is 0 Å². The fourth-order valence-corrected chi connectivity index (χ4v) is 5.36. The van der Waals surface area contributed by atoms with Crippen molar-refractivity contribution in [2.24, 2.45) is 0 Å². The number of nitrogens with zero attached hydrogens (tertiary/aromatic N) is 2. The molecular weight excluding hydrogens is 493 g/mol. The molecule has 1 atom stereocenters. The summed E-state index contributed by atoms with van der Waals surface area (Å²) < 4.78 is 41.9. The fourth-order valence-electron chi connectivity index (χ4n) is 3.92. The Morgan fingerprint density at radius 3 is 2.05 bits per heavy atom. The molecule has 0 aliphatic carbocycles. The van der Waals surface area contributed by atoms with Crippen LogP contribution in [0.5, 0.6) is 0 Å². The number of hydrogen-bond acceptors (Lipinski definition) is 4. The first-order chi connectivity index (χ1) is 17.8. The SMILES string of the molecule is CCCNC(=O)[C@H](CC)N(Cc1ccccc1)C(=O)CN(c1ccc(F)cc1)S(=O)(=O)c1ccccc1. The second-order valence-corrected chi connectivity index (χ2v) is 10.4. The summed E-state index contributed by atoms with van der Waals surface area (Å²) in [5, 5.41) is 2.85. The van der Waals surface area contributed by atoms with Gasteiger partial charge in [0, 0.05) is 13.1 Å². The summed E-state index contributed by atoms with van der Waals surface area (Å²) in [6.45, 7) is 3.77. The number of carbonyl (C=O) groups is 2. The molecule has 7 nitrogen and oxygen atoms in total. The minimum Gasteiger partial charge on any atom is -0.354 e. The maximum absolute atomic E-state index is 13.8. The summed E-state index contributed by atoms with van der Waals surface area (Å²) in [6.07, 6.45) is 1.08. The Morgan fingerprint density at radius 1 is 0.892 bits per heavy atom. The van der Waals surface area contributed by atoms with Gasteiger partial charge >= 0.3 is 0 Å². The molecule has 3 rings (SSSR count). The van der Waals surface area contributed by atoms with E-state index in [1.165, 1.54) is 29.2 Å². The standard InChI is InChI=1S/C28H32FN3O4S/c1-3-19-30-28(34)26(4-2)31(20-22-11-7-5-8-12-22)27(33)21-32(24-17-15-23(29)16-18-24)37(35,36)25-13-9-6-10-14-25/h5-18,26H,3-4,19-21H2,1-2H3,(H,30,34)/t26-/m0/s1. The van der Waals surface area contributed by atoms with E-state index in [0.717, 1.165) is 28.4 Å². The van der Waals surface area contributed by atoms with Gasteiger partial charge in [-0.25, -0.2) is 12.8 Å². The third-order valence-electron chi connectivity index (χ3n) is 5.86. The second kappa shape index (κ2) is 13.0. The summed E-state index contributed by atoms with van der Waals surface area (Å²) in [7, 11) is -4.17. The predicted octanol–water partition coefficient (Wildman–Crippen LogP) is 4.35. The molecule has 37 heavy (non-hydrogen) atoms. The molecule has 3 aromatic rings. The van der Waals surface area contributed by atoms with Crippen LogP contribution in [0.15, 0.2) is 89.8 Å². The first-order valence-corrected chi connectivity index (χ1v) is 13.7. The third-order valence-corrected chi connectivity index (χ3v) is 7.64. The highest BCUT2D eigenvalue weighted by molar-refractivity contribution is 7.92. The Bertz CT molecular complexity index is 1270. The molecule has 0 unspecified atom stereocenters. The van der Waals surface area contributed by atoms with Gasteiger partial charge in [0.2, 0.25) is 11.8 Å². The highest BCUT2D eigenvalue weighted by Crippen LogP contribution is 2.25. The summed E-state index contributed by atoms with van der Waals surface area (Å²) in [4.78, 5) is 28.2. The zero-order valence-corrected chi connectivity index (χ0v) is 21.8. The number of halogens is 1. The lowest BCUT2D eigenvalue weighted by molar-refractivity contribution is -0.140. The molecule has 3 aromatic carbocycles. The molecule has 0 fully saturated rings. The van der Waals surface area contributed by atoms with E-state index in [2.05, 4.69) is 5.32 Å². The van der Waals surface area contributed by atoms with Gasteiger partial charge in [-0.2, -0.15) is 0 Å². The van der Waals surface area contributed by atoms with Crippen molar-refractivity contribution in [3.63, 3.8) is 0 Å². The van der Waals surface area contributed by atoms with Gasteiger partial charge in [-0.1, -0.05) is 62.4 Å². The fraction of sp³-hybridized carbons (Fsp3) is 0.286. The predicted molar refractivity (Wildman–Crippen MR) is 142 cm³/mol. The minimum absolute atomic E-state index is 0.00513. The number of nitrogens with one attached hydrogen (secondary N) is 1. The van der Waals surface area contributed by atoms with Gasteiger partial charge in [-0.3, -0.25) is 13.9 Å². The molecule has 196 valence electrons. The molecule has 0 radical (unpaired) electrons. The van der Waals surface area contributed by atoms with Crippen LogP contribution in [0.3, 0.4) is 0 Å². The molecule has 2 amide bonds. The Morgan fingerprint density at radius 2 is 1.49 bits per heavy atom. The van der Waals surface area contributed by atoms with Gasteiger partial charge in [0.05, 0.1) is 10.6 Å². The minimum atomic E-state index is -4.17. The van der Waals surface area contributed by atoms with Crippen LogP contribution in [-0.4, -0.2) is 44.3 Å². The second-order valence-electron chi connectivity index (χ2n) is 8.52. The molecule has 0 saturated heterocycles. The van der Waals surface area contributed by atoms with Crippen molar-refractivity contribution in [1.82, 2.24) is 10.2 Å². The highest BCUT2D eigenvalue weighted by atomic mass is 32.2. The molecule has 9 heteroatoms. The average Bonchev–Trinajstić information content (AvgIpc) is 2.92. The average molecular weight is 526 g/mol. The molecular formula is C28H32FN3O4S. The molecule has 0 spiro atoms. The lowest BCUT2D eigenvalue weighted by Gasteiger charge is -2.33. The van der Waals surface area contributed by atoms with E-state index in [1.54, 1.807) is 25.1 Å². The van der Waals surface area contributed by atoms with E-state index >= 15 is 0 Å². The number of benzene rings is 3. The van der Waals surface area contributed by atoms with Crippen molar-refractivity contribution < 1.29 is 22.4 Å². The van der Waals surface area contributed by atoms with Crippen LogP contribution < -0.4 is 9.62 Å². The van der Waals surface area contributed by atoms with Crippen molar-refractivity contribution in [3.8, 4) is 0 Å². The van der Waals surface area contributed by atoms with E-state index < -0.39 is 34.3 Å². The highest BCUT2D eigenvalue weighted by Gasteiger charge is 2.33. The molecule has 0 bridgehead atoms. The topological polar surface area (TPSA) is 86.8 Å². The van der Waals surface area contributed by atoms with Crippen molar-refractivity contribution >= 4 is 27.5 Å². The molecule has 0 aliphatic heterocycles. The Hall–Kier alpha value is -3.72. The molecule has 0 aromatic heterocycles. The smallest absolute Gasteiger partial charge is 0.264 e. The van der Waals surface area contributed by atoms with E-state index in [1.807, 2.05) is 37.3 Å². The van der Waals surface area contributed by atoms with Crippen LogP contribution in [-0.2, 0) is 26.2 Å². The van der Waals surface area contributed by atoms with Gasteiger partial charge in [-0.15, -0.1) is 0 Å². The number of hydrogen-bond donors (Lipinski definition) is 1. The van der Waals surface area contributed by atoms with Crippen LogP contribution in [0.4, 0.5) is 10.1 Å². The largest absolute Gasteiger partial charge is 0.354 e. The Balaban J connectivity index is 2.02. The summed E-state index contributed by atoms with van der Waals surface area (Å²) >= 11 is 0. The number of carbonyl (C=O) groups excluding carboxylic acids is 2. The Kier molecular flexibility index (Phi) is 9.79. The van der Waals surface area contributed by atoms with Crippen LogP contribution in [0.1, 0.15) is 32.3 Å². The quantitative estimate of drug-likeness (QED) is 0.381. The van der Waals surface area contributed by atoms with Gasteiger partial charge in [0.15, 0.2) is 0 Å². The van der Waals surface area contributed by atoms with E-state index in [-0.39, 0.29) is 23.0 Å². The monoisotopic (exact) mass is 525 g/mol. The summed E-state index contributed by atoms with van der Waals surface area (Å²) in [5.74, 6) is -1.38. The maximum Gasteiger partial charge on any atom is 0.264 e. The van der Waals surface area contributed by atoms with E-state index in [0.29, 0.717) is 13.0 Å². The van der Waals surface area contributed by atoms with Crippen LogP contribution in [0.25, 0.3) is 0 Å². The van der Waals surface area contributed by atoms with Gasteiger partial charge in [0.1, 0.15) is 18.4 Å². The summed E-state index contributed by atoms with van der Waals surface area (Å²) in [5.41, 5.74) is 0.943. The van der Waals surface area contributed by atoms with Crippen molar-refractivity contribution in [1.29, 1.82) is 0 Å². The van der Waals surface area contributed by atoms with Gasteiger partial charge in [-0.05, 0) is 54.8 Å². The first-order valence-electron chi connectivity index (χ1n) is 12.2. The lowest BCUT2D eigenvalue weighted by Crippen LogP contribution is -2.52. The molecule has 0 saturated carbocycles. The zero-order valence-electron chi connectivity index (χ0n) is 21.0. The number of anilines is 1. The van der Waals surface area contributed by atoms with Crippen LogP contribution in [0, 0.1) is 5.82 Å². The maximum atomic E-state index is 13.8. The van der Waals surface area contributed by atoms with Crippen LogP contribution in [0.2, 0.25) is 0 Å². The number of sulfonamides is 1. The normalized spacial score (nSPS) is 12.0. The molecule has 1 N–H and O–H groups in total. The number of rotatable bonds is 12. The molecule has 0 heterocycles. The number of amides is 2. The zero-order chi connectivity index (χ0) is 26.8. The van der Waals surface area contributed by atoms with Gasteiger partial charge in [0.25, 0.3) is 10.0 Å².